The Bertz CT molecular complexity index is 1700. The van der Waals surface area contributed by atoms with Crippen LogP contribution < -0.4 is 0 Å². The van der Waals surface area contributed by atoms with Crippen molar-refractivity contribution in [2.75, 3.05) is 0 Å². The largest absolute Gasteiger partial charge is 0.0955 e. The molecule has 0 amide bonds. The van der Waals surface area contributed by atoms with Crippen LogP contribution in [-0.2, 0) is 0 Å². The second-order valence-electron chi connectivity index (χ2n) is 14.6. The number of hydrogen-bond donors (Lipinski definition) is 0. The van der Waals surface area contributed by atoms with Gasteiger partial charge in [-0.15, -0.1) is 0 Å². The van der Waals surface area contributed by atoms with Crippen LogP contribution in [0.1, 0.15) is 105 Å². The first-order valence-corrected chi connectivity index (χ1v) is 15.7. The van der Waals surface area contributed by atoms with Crippen molar-refractivity contribution in [3.8, 4) is 0 Å². The zero-order valence-electron chi connectivity index (χ0n) is 28.7. The third-order valence-corrected chi connectivity index (χ3v) is 13.1. The zero-order valence-corrected chi connectivity index (χ0v) is 28.7. The van der Waals surface area contributed by atoms with E-state index in [4.69, 9.17) is 13.2 Å². The summed E-state index contributed by atoms with van der Waals surface area (Å²) in [6.45, 7) is 44.7. The highest BCUT2D eigenvalue weighted by atomic mass is 14.7. The van der Waals surface area contributed by atoms with Gasteiger partial charge in [-0.05, 0) is 164 Å². The van der Waals surface area contributed by atoms with E-state index >= 15 is 0 Å². The lowest BCUT2D eigenvalue weighted by Crippen LogP contribution is -2.57. The molecule has 2 aromatic rings. The van der Waals surface area contributed by atoms with Crippen molar-refractivity contribution < 1.29 is 0 Å². The molecule has 0 aliphatic heterocycles. The average Bonchev–Trinajstić information content (AvgIpc) is 2.91. The molecule has 0 radical (unpaired) electrons. The van der Waals surface area contributed by atoms with Crippen LogP contribution in [0.15, 0.2) is 71.4 Å². The second kappa shape index (κ2) is 9.44. The minimum Gasteiger partial charge on any atom is -0.0955 e. The molecular weight excluding hydrogens is 504 g/mol. The van der Waals surface area contributed by atoms with Gasteiger partial charge in [0, 0.05) is 10.8 Å². The fourth-order valence-corrected chi connectivity index (χ4v) is 9.75. The Hall–Kier alpha value is -3.12. The normalized spacial score (nSPS) is 30.0. The molecule has 42 heavy (non-hydrogen) atoms. The molecule has 5 rings (SSSR count). The van der Waals surface area contributed by atoms with Gasteiger partial charge in [0.2, 0.25) is 0 Å². The molecule has 0 saturated heterocycles. The number of rotatable bonds is 2. The Morgan fingerprint density at radius 2 is 1.40 bits per heavy atom. The van der Waals surface area contributed by atoms with Gasteiger partial charge in [-0.3, -0.25) is 0 Å². The molecule has 0 heterocycles. The third-order valence-electron chi connectivity index (χ3n) is 13.1. The van der Waals surface area contributed by atoms with Gasteiger partial charge in [0.25, 0.3) is 0 Å². The molecular formula is C42H52. The number of benzene rings is 2. The first-order chi connectivity index (χ1) is 19.4. The van der Waals surface area contributed by atoms with E-state index in [1.807, 2.05) is 0 Å². The Morgan fingerprint density at radius 3 is 1.95 bits per heavy atom. The van der Waals surface area contributed by atoms with E-state index in [-0.39, 0.29) is 16.2 Å². The average molecular weight is 557 g/mol. The van der Waals surface area contributed by atoms with Crippen molar-refractivity contribution in [1.82, 2.24) is 0 Å². The Kier molecular flexibility index (Phi) is 6.82. The van der Waals surface area contributed by atoms with Crippen molar-refractivity contribution in [1.29, 1.82) is 0 Å². The number of aryl methyl sites for hydroxylation is 1. The van der Waals surface area contributed by atoms with Crippen molar-refractivity contribution in [2.24, 2.45) is 22.2 Å². The van der Waals surface area contributed by atoms with E-state index < -0.39 is 0 Å². The molecule has 220 valence electrons. The van der Waals surface area contributed by atoms with Crippen LogP contribution >= 0.6 is 0 Å². The molecule has 0 aromatic heterocycles. The summed E-state index contributed by atoms with van der Waals surface area (Å²) in [5.41, 5.74) is 22.4. The minimum atomic E-state index is -0.219. The molecule has 0 fully saturated rings. The van der Waals surface area contributed by atoms with E-state index in [0.717, 1.165) is 12.0 Å². The van der Waals surface area contributed by atoms with Crippen molar-refractivity contribution >= 4 is 17.2 Å². The van der Waals surface area contributed by atoms with Gasteiger partial charge < -0.3 is 0 Å². The first-order valence-electron chi connectivity index (χ1n) is 15.7. The summed E-state index contributed by atoms with van der Waals surface area (Å²) in [5, 5.41) is 0. The van der Waals surface area contributed by atoms with Gasteiger partial charge in [-0.25, -0.2) is 0 Å². The van der Waals surface area contributed by atoms with E-state index in [1.165, 1.54) is 89.1 Å². The van der Waals surface area contributed by atoms with Gasteiger partial charge in [-0.2, -0.15) is 0 Å². The molecule has 0 bridgehead atoms. The van der Waals surface area contributed by atoms with E-state index in [0.29, 0.717) is 5.92 Å². The summed E-state index contributed by atoms with van der Waals surface area (Å²) in [5.74, 6) is 0.331. The van der Waals surface area contributed by atoms with Crippen LogP contribution in [0.4, 0.5) is 0 Å². The lowest BCUT2D eigenvalue weighted by Gasteiger charge is -2.66. The predicted octanol–water partition coefficient (Wildman–Crippen LogP) is 11.9. The van der Waals surface area contributed by atoms with E-state index in [1.54, 1.807) is 0 Å². The van der Waals surface area contributed by atoms with Crippen molar-refractivity contribution in [3.63, 3.8) is 0 Å². The fraction of sp³-hybridized carbons (Fsp3) is 0.429. The summed E-state index contributed by atoms with van der Waals surface area (Å²) >= 11 is 0. The van der Waals surface area contributed by atoms with Gasteiger partial charge in [0.15, 0.2) is 0 Å². The lowest BCUT2D eigenvalue weighted by molar-refractivity contribution is 0.00637. The Morgan fingerprint density at radius 1 is 0.857 bits per heavy atom. The SMILES string of the molecule is C=C(C)C1=C(C)C[C@@]2(C)[C@H](C)[C@]3(C)C(=C(C)[C@@]2(C)C1=C)C(=C)c1c(C)cccc1/C3=C\c1c(C)c(C)c(C)c(C)c1C. The molecule has 0 N–H and O–H groups in total. The van der Waals surface area contributed by atoms with E-state index in [2.05, 4.69) is 121 Å². The molecule has 3 aliphatic carbocycles. The Balaban J connectivity index is 1.96. The maximum atomic E-state index is 4.89. The van der Waals surface area contributed by atoms with Crippen LogP contribution in [0.2, 0.25) is 0 Å². The lowest BCUT2D eigenvalue weighted by atomic mass is 9.37. The molecule has 0 nitrogen and oxygen atoms in total. The molecule has 0 saturated carbocycles. The van der Waals surface area contributed by atoms with Gasteiger partial charge in [-0.1, -0.05) is 82.4 Å². The fourth-order valence-electron chi connectivity index (χ4n) is 9.75. The highest BCUT2D eigenvalue weighted by molar-refractivity contribution is 6.03. The second-order valence-corrected chi connectivity index (χ2v) is 14.6. The number of fused-ring (bicyclic) bond motifs is 3. The van der Waals surface area contributed by atoms with Crippen LogP contribution in [0.3, 0.4) is 0 Å². The summed E-state index contributed by atoms with van der Waals surface area (Å²) in [4.78, 5) is 0. The van der Waals surface area contributed by atoms with Crippen LogP contribution in [0, 0.1) is 63.7 Å². The van der Waals surface area contributed by atoms with Crippen molar-refractivity contribution in [3.05, 3.63) is 121 Å². The standard InChI is InChI=1S/C42H52/c1-22(2)37-24(4)21-40(14)33(13)41(15)36(20-35-28(8)26(6)25(5)27(7)29(35)9)34-19-17-18-23(3)38(34)30(10)39(41)32(12)42(40,16)31(37)11/h17-20,33H,1,10-11,21H2,2-9,12-16H3/b36-20+/t33-,40-,41-,42+/m0/s1. The summed E-state index contributed by atoms with van der Waals surface area (Å²) in [6, 6.07) is 6.83. The number of hydrogen-bond acceptors (Lipinski definition) is 0. The van der Waals surface area contributed by atoms with Gasteiger partial charge in [0.1, 0.15) is 0 Å². The highest BCUT2D eigenvalue weighted by Gasteiger charge is 2.64. The van der Waals surface area contributed by atoms with Crippen LogP contribution in [0.5, 0.6) is 0 Å². The molecule has 4 atom stereocenters. The van der Waals surface area contributed by atoms with Crippen LogP contribution in [0.25, 0.3) is 17.2 Å². The summed E-state index contributed by atoms with van der Waals surface area (Å²) in [7, 11) is 0. The summed E-state index contributed by atoms with van der Waals surface area (Å²) < 4.78 is 0. The predicted molar refractivity (Wildman–Crippen MR) is 186 cm³/mol. The molecule has 0 spiro atoms. The van der Waals surface area contributed by atoms with Gasteiger partial charge in [0.05, 0.1) is 0 Å². The first kappa shape index (κ1) is 30.3. The van der Waals surface area contributed by atoms with Crippen LogP contribution in [-0.4, -0.2) is 0 Å². The topological polar surface area (TPSA) is 0 Å². The highest BCUT2D eigenvalue weighted by Crippen LogP contribution is 2.74. The minimum absolute atomic E-state index is 0.0284. The molecule has 2 aromatic carbocycles. The third kappa shape index (κ3) is 3.48. The maximum absolute atomic E-state index is 4.89. The summed E-state index contributed by atoms with van der Waals surface area (Å²) in [6.07, 6.45) is 3.61. The monoisotopic (exact) mass is 556 g/mol. The quantitative estimate of drug-likeness (QED) is 0.345. The smallest absolute Gasteiger partial charge is 0.0218 e. The van der Waals surface area contributed by atoms with Gasteiger partial charge >= 0.3 is 0 Å². The molecule has 0 unspecified atom stereocenters. The maximum Gasteiger partial charge on any atom is 0.0218 e. The zero-order chi connectivity index (χ0) is 31.4. The number of allylic oxidation sites excluding steroid dienone is 8. The molecule has 0 heteroatoms. The molecule has 3 aliphatic rings. The van der Waals surface area contributed by atoms with Crippen molar-refractivity contribution in [2.45, 2.75) is 96.4 Å². The van der Waals surface area contributed by atoms with E-state index in [9.17, 15) is 0 Å². The Labute approximate surface area is 256 Å².